The number of azo groups is 1. The van der Waals surface area contributed by atoms with E-state index in [2.05, 4.69) is 25.9 Å². The smallest absolute Gasteiger partial charge is 0.408 e. The van der Waals surface area contributed by atoms with Gasteiger partial charge in [0.05, 0.1) is 12.5 Å². The van der Waals surface area contributed by atoms with Crippen molar-refractivity contribution >= 4 is 29.5 Å². The summed E-state index contributed by atoms with van der Waals surface area (Å²) in [4.78, 5) is 54.1. The van der Waals surface area contributed by atoms with Gasteiger partial charge in [-0.15, -0.1) is 5.11 Å². The van der Waals surface area contributed by atoms with Gasteiger partial charge in [0.2, 0.25) is 11.8 Å². The molecule has 3 rings (SSSR count). The van der Waals surface area contributed by atoms with Crippen molar-refractivity contribution in [1.82, 2.24) is 10.6 Å². The summed E-state index contributed by atoms with van der Waals surface area (Å²) in [5.74, 6) is -1.54. The maximum atomic E-state index is 13.1. The minimum absolute atomic E-state index is 0.0156. The molecule has 0 saturated carbocycles. The van der Waals surface area contributed by atoms with Gasteiger partial charge in [0.1, 0.15) is 18.5 Å². The van der Waals surface area contributed by atoms with E-state index in [9.17, 15) is 19.2 Å². The molecule has 36 heavy (non-hydrogen) atoms. The van der Waals surface area contributed by atoms with Gasteiger partial charge < -0.3 is 21.1 Å². The number of ketones is 1. The lowest BCUT2D eigenvalue weighted by molar-refractivity contribution is -0.130. The van der Waals surface area contributed by atoms with E-state index in [1.54, 1.807) is 24.3 Å². The fourth-order valence-electron chi connectivity index (χ4n) is 3.41. The van der Waals surface area contributed by atoms with Gasteiger partial charge >= 0.3 is 6.09 Å². The zero-order valence-electron chi connectivity index (χ0n) is 19.8. The molecule has 1 aliphatic heterocycles. The Bertz CT molecular complexity index is 1150. The van der Waals surface area contributed by atoms with Crippen LogP contribution in [0, 0.1) is 6.92 Å². The number of nitrogens with two attached hydrogens (primary N) is 1. The molecule has 1 aliphatic rings. The summed E-state index contributed by atoms with van der Waals surface area (Å²) in [6.45, 7) is 2.07. The van der Waals surface area contributed by atoms with Crippen molar-refractivity contribution in [2.45, 2.75) is 44.9 Å². The van der Waals surface area contributed by atoms with Crippen molar-refractivity contribution in [2.24, 2.45) is 21.0 Å². The molecule has 0 fully saturated rings. The number of hydrogen-bond acceptors (Lipinski definition) is 8. The van der Waals surface area contributed by atoms with Crippen LogP contribution in [0.15, 0.2) is 69.8 Å². The summed E-state index contributed by atoms with van der Waals surface area (Å²) in [5.41, 5.74) is 7.86. The Kier molecular flexibility index (Phi) is 9.38. The molecule has 188 valence electrons. The second-order valence-electron chi connectivity index (χ2n) is 8.28. The van der Waals surface area contributed by atoms with E-state index in [4.69, 9.17) is 10.5 Å². The molecule has 0 aliphatic carbocycles. The van der Waals surface area contributed by atoms with Crippen molar-refractivity contribution in [1.29, 1.82) is 0 Å². The predicted molar refractivity (Wildman–Crippen MR) is 131 cm³/mol. The van der Waals surface area contributed by atoms with Crippen LogP contribution in [0.3, 0.4) is 0 Å². The number of Topliss-reactive ketones (excluding diaryl/α,β-unsaturated/α-hetero) is 1. The summed E-state index contributed by atoms with van der Waals surface area (Å²) in [7, 11) is 0. The lowest BCUT2D eigenvalue weighted by Gasteiger charge is -2.22. The summed E-state index contributed by atoms with van der Waals surface area (Å²) < 4.78 is 5.14. The van der Waals surface area contributed by atoms with Crippen molar-refractivity contribution in [2.75, 3.05) is 6.67 Å². The second kappa shape index (κ2) is 12.9. The molecule has 4 N–H and O–H groups in total. The molecule has 0 bridgehead atoms. The van der Waals surface area contributed by atoms with E-state index in [0.717, 1.165) is 16.7 Å². The number of aliphatic imine (C=N–C) groups is 1. The van der Waals surface area contributed by atoms with Gasteiger partial charge in [-0.25, -0.2) is 9.79 Å². The summed E-state index contributed by atoms with van der Waals surface area (Å²) in [5, 5.41) is 12.6. The minimum Gasteiger partial charge on any atom is -0.445 e. The standard InChI is InChI=1S/C25H28N6O5/c1-16-7-9-17(10-8-16)11-21(32)19(13-23-27-15-28-31-23)29-24(34)20(12-22(26)33)30-25(35)36-14-18-5-3-2-4-6-18/h2-10,19-20H,11-15H2,1H3,(H2,26,33)(H,29,34)(H,30,35)/t19-,20-/m0/s1. The average molecular weight is 493 g/mol. The van der Waals surface area contributed by atoms with Gasteiger partial charge in [0.25, 0.3) is 0 Å². The first-order valence-corrected chi connectivity index (χ1v) is 11.3. The molecule has 0 saturated heterocycles. The molecule has 0 spiro atoms. The lowest BCUT2D eigenvalue weighted by atomic mass is 9.99. The van der Waals surface area contributed by atoms with Gasteiger partial charge in [0, 0.05) is 12.8 Å². The molecule has 2 aromatic carbocycles. The third-order valence-electron chi connectivity index (χ3n) is 5.32. The maximum Gasteiger partial charge on any atom is 0.408 e. The highest BCUT2D eigenvalue weighted by atomic mass is 16.5. The number of nitrogens with zero attached hydrogens (tertiary/aromatic N) is 3. The Balaban J connectivity index is 1.67. The molecule has 2 atom stereocenters. The van der Waals surface area contributed by atoms with E-state index in [1.807, 2.05) is 37.3 Å². The van der Waals surface area contributed by atoms with Crippen molar-refractivity contribution in [3.05, 3.63) is 71.3 Å². The topological polar surface area (TPSA) is 165 Å². The Hall–Kier alpha value is -4.41. The van der Waals surface area contributed by atoms with Crippen LogP contribution in [-0.4, -0.2) is 48.3 Å². The van der Waals surface area contributed by atoms with E-state index in [-0.39, 0.29) is 31.9 Å². The number of nitrogens with one attached hydrogen (secondary N) is 2. The van der Waals surface area contributed by atoms with Crippen LogP contribution in [0.4, 0.5) is 4.79 Å². The number of carbonyl (C=O) groups excluding carboxylic acids is 4. The number of rotatable bonds is 12. The minimum atomic E-state index is -1.34. The average Bonchev–Trinajstić information content (AvgIpc) is 3.37. The number of ether oxygens (including phenoxy) is 1. The van der Waals surface area contributed by atoms with Gasteiger partial charge in [-0.1, -0.05) is 60.2 Å². The van der Waals surface area contributed by atoms with E-state index >= 15 is 0 Å². The number of hydrogen-bond donors (Lipinski definition) is 3. The zero-order chi connectivity index (χ0) is 25.9. The van der Waals surface area contributed by atoms with Crippen molar-refractivity contribution in [3.63, 3.8) is 0 Å². The van der Waals surface area contributed by atoms with Crippen molar-refractivity contribution < 1.29 is 23.9 Å². The lowest BCUT2D eigenvalue weighted by Crippen LogP contribution is -2.53. The van der Waals surface area contributed by atoms with Gasteiger partial charge in [0.15, 0.2) is 12.5 Å². The summed E-state index contributed by atoms with van der Waals surface area (Å²) in [6.07, 6.45) is -1.31. The van der Waals surface area contributed by atoms with E-state index in [0.29, 0.717) is 5.84 Å². The highest BCUT2D eigenvalue weighted by Gasteiger charge is 2.29. The van der Waals surface area contributed by atoms with Crippen LogP contribution in [-0.2, 0) is 32.1 Å². The fraction of sp³-hybridized carbons (Fsp3) is 0.320. The number of aryl methyl sites for hydroxylation is 1. The second-order valence-corrected chi connectivity index (χ2v) is 8.28. The summed E-state index contributed by atoms with van der Waals surface area (Å²) >= 11 is 0. The van der Waals surface area contributed by atoms with Crippen LogP contribution in [0.25, 0.3) is 0 Å². The number of carbonyl (C=O) groups is 4. The molecule has 3 amide bonds. The highest BCUT2D eigenvalue weighted by molar-refractivity contribution is 5.98. The van der Waals surface area contributed by atoms with E-state index < -0.39 is 36.4 Å². The van der Waals surface area contributed by atoms with Crippen LogP contribution in [0.5, 0.6) is 0 Å². The Morgan fingerprint density at radius 3 is 2.33 bits per heavy atom. The van der Waals surface area contributed by atoms with E-state index in [1.165, 1.54) is 0 Å². The van der Waals surface area contributed by atoms with Crippen LogP contribution >= 0.6 is 0 Å². The monoisotopic (exact) mass is 492 g/mol. The molecular weight excluding hydrogens is 464 g/mol. The fourth-order valence-corrected chi connectivity index (χ4v) is 3.41. The first-order valence-electron chi connectivity index (χ1n) is 11.3. The Labute approximate surface area is 208 Å². The molecule has 0 unspecified atom stereocenters. The first kappa shape index (κ1) is 26.2. The number of primary amides is 1. The highest BCUT2D eigenvalue weighted by Crippen LogP contribution is 2.11. The van der Waals surface area contributed by atoms with Crippen LogP contribution < -0.4 is 16.4 Å². The predicted octanol–water partition coefficient (Wildman–Crippen LogP) is 1.97. The third-order valence-corrected chi connectivity index (χ3v) is 5.32. The maximum absolute atomic E-state index is 13.1. The van der Waals surface area contributed by atoms with Crippen LogP contribution in [0.1, 0.15) is 29.5 Å². The molecule has 1 heterocycles. The SMILES string of the molecule is Cc1ccc(CC(=O)[C@H](CC2=NCN=N2)NC(=O)[C@H](CC(N)=O)NC(=O)OCc2ccccc2)cc1. The quantitative estimate of drug-likeness (QED) is 0.411. The molecule has 2 aromatic rings. The zero-order valence-corrected chi connectivity index (χ0v) is 19.8. The Morgan fingerprint density at radius 2 is 1.69 bits per heavy atom. The normalized spacial score (nSPS) is 13.9. The van der Waals surface area contributed by atoms with Gasteiger partial charge in [-0.3, -0.25) is 14.4 Å². The summed E-state index contributed by atoms with van der Waals surface area (Å²) in [6, 6.07) is 14.1. The number of alkyl carbamates (subject to hydrolysis) is 1. The van der Waals surface area contributed by atoms with Gasteiger partial charge in [-0.05, 0) is 18.1 Å². The Morgan fingerprint density at radius 1 is 0.972 bits per heavy atom. The third kappa shape index (κ3) is 8.42. The molecule has 11 nitrogen and oxygen atoms in total. The number of amides is 3. The number of benzene rings is 2. The molecule has 0 aromatic heterocycles. The largest absolute Gasteiger partial charge is 0.445 e. The van der Waals surface area contributed by atoms with Gasteiger partial charge in [-0.2, -0.15) is 5.11 Å². The molecule has 0 radical (unpaired) electrons. The van der Waals surface area contributed by atoms with Crippen LogP contribution in [0.2, 0.25) is 0 Å². The number of amidine groups is 1. The first-order chi connectivity index (χ1) is 17.3. The van der Waals surface area contributed by atoms with Crippen molar-refractivity contribution in [3.8, 4) is 0 Å². The molecular formula is C25H28N6O5. The molecule has 11 heteroatoms.